The Morgan fingerprint density at radius 2 is 1.88 bits per heavy atom. The molecule has 2 aliphatic heterocycles. The fourth-order valence-electron chi connectivity index (χ4n) is 5.33. The first-order valence-electron chi connectivity index (χ1n) is 13.4. The van der Waals surface area contributed by atoms with Gasteiger partial charge in [0.05, 0.1) is 34.8 Å². The minimum Gasteiger partial charge on any atom is -0.376 e. The average Bonchev–Trinajstić information content (AvgIpc) is 3.68. The number of carbonyl (C=O) groups is 3. The number of rotatable bonds is 7. The first-order chi connectivity index (χ1) is 19.4. The summed E-state index contributed by atoms with van der Waals surface area (Å²) < 4.78 is 6.90. The van der Waals surface area contributed by atoms with E-state index in [9.17, 15) is 14.4 Å². The lowest BCUT2D eigenvalue weighted by Gasteiger charge is -2.30. The van der Waals surface area contributed by atoms with Gasteiger partial charge in [0.25, 0.3) is 5.91 Å². The first-order valence-corrected chi connectivity index (χ1v) is 14.5. The third-order valence-corrected chi connectivity index (χ3v) is 8.75. The number of halogens is 1. The van der Waals surface area contributed by atoms with Crippen molar-refractivity contribution in [1.82, 2.24) is 9.88 Å². The number of aryl methyl sites for hydroxylation is 1. The summed E-state index contributed by atoms with van der Waals surface area (Å²) in [5, 5.41) is 1.46. The van der Waals surface area contributed by atoms with E-state index in [0.29, 0.717) is 17.3 Å². The third kappa shape index (κ3) is 5.39. The number of amides is 3. The summed E-state index contributed by atoms with van der Waals surface area (Å²) in [6.07, 6.45) is 1.63. The molecule has 2 aliphatic rings. The summed E-state index contributed by atoms with van der Waals surface area (Å²) in [5.41, 5.74) is 4.31. The maximum atomic E-state index is 13.7. The number of carbonyl (C=O) groups excluding carboxylic acids is 3. The van der Waals surface area contributed by atoms with Crippen LogP contribution in [-0.4, -0.2) is 52.9 Å². The number of aromatic nitrogens is 1. The van der Waals surface area contributed by atoms with Gasteiger partial charge in [-0.05, 0) is 79.4 Å². The molecular formula is C31H28ClN3O4S. The zero-order valence-electron chi connectivity index (χ0n) is 22.0. The van der Waals surface area contributed by atoms with Gasteiger partial charge in [0, 0.05) is 23.7 Å². The van der Waals surface area contributed by atoms with Crippen molar-refractivity contribution in [3.05, 3.63) is 82.9 Å². The first kappa shape index (κ1) is 26.6. The second kappa shape index (κ2) is 11.1. The number of ether oxygens (including phenoxy) is 1. The fraction of sp³-hybridized carbons (Fsp3) is 0.290. The van der Waals surface area contributed by atoms with Gasteiger partial charge in [-0.15, -0.1) is 11.3 Å². The van der Waals surface area contributed by atoms with Crippen LogP contribution in [0.25, 0.3) is 20.8 Å². The molecule has 3 heterocycles. The highest BCUT2D eigenvalue weighted by molar-refractivity contribution is 7.21. The van der Waals surface area contributed by atoms with Gasteiger partial charge in [-0.2, -0.15) is 0 Å². The van der Waals surface area contributed by atoms with Gasteiger partial charge in [-0.1, -0.05) is 29.8 Å². The molecule has 0 radical (unpaired) electrons. The van der Waals surface area contributed by atoms with Gasteiger partial charge in [0.15, 0.2) is 0 Å². The Balaban J connectivity index is 1.23. The number of thiazole rings is 1. The lowest BCUT2D eigenvalue weighted by Crippen LogP contribution is -2.49. The Kier molecular flexibility index (Phi) is 7.40. The van der Waals surface area contributed by atoms with Crippen LogP contribution in [-0.2, 0) is 25.5 Å². The lowest BCUT2D eigenvalue weighted by atomic mass is 10.1. The SMILES string of the molecule is Cc1ccc2nc(-c3ccc(N4C(=O)CC(N(CC5CCCO5)C(=O)Cc5ccc(Cl)cc5)C4=O)cc3)sc2c1. The van der Waals surface area contributed by atoms with E-state index in [-0.39, 0.29) is 37.3 Å². The molecule has 2 unspecified atom stereocenters. The largest absolute Gasteiger partial charge is 0.376 e. The average molecular weight is 574 g/mol. The van der Waals surface area contributed by atoms with Gasteiger partial charge >= 0.3 is 0 Å². The van der Waals surface area contributed by atoms with E-state index in [2.05, 4.69) is 13.0 Å². The van der Waals surface area contributed by atoms with E-state index in [4.69, 9.17) is 21.3 Å². The molecule has 4 aromatic rings. The van der Waals surface area contributed by atoms with Crippen molar-refractivity contribution < 1.29 is 19.1 Å². The summed E-state index contributed by atoms with van der Waals surface area (Å²) in [5.74, 6) is -0.933. The Bertz CT molecular complexity index is 1580. The fourth-order valence-corrected chi connectivity index (χ4v) is 6.52. The summed E-state index contributed by atoms with van der Waals surface area (Å²) >= 11 is 7.61. The van der Waals surface area contributed by atoms with Crippen LogP contribution in [0.3, 0.4) is 0 Å². The highest BCUT2D eigenvalue weighted by atomic mass is 35.5. The van der Waals surface area contributed by atoms with Crippen LogP contribution in [0, 0.1) is 6.92 Å². The van der Waals surface area contributed by atoms with E-state index in [1.165, 1.54) is 10.5 Å². The zero-order chi connectivity index (χ0) is 27.8. The molecular weight excluding hydrogens is 546 g/mol. The van der Waals surface area contributed by atoms with Crippen LogP contribution in [0.2, 0.25) is 5.02 Å². The molecule has 0 N–H and O–H groups in total. The highest BCUT2D eigenvalue weighted by Crippen LogP contribution is 2.33. The van der Waals surface area contributed by atoms with Gasteiger partial charge in [0.2, 0.25) is 11.8 Å². The van der Waals surface area contributed by atoms with Crippen molar-refractivity contribution in [2.45, 2.75) is 44.8 Å². The summed E-state index contributed by atoms with van der Waals surface area (Å²) in [6.45, 7) is 2.96. The van der Waals surface area contributed by atoms with Gasteiger partial charge < -0.3 is 9.64 Å². The van der Waals surface area contributed by atoms with Crippen molar-refractivity contribution in [2.75, 3.05) is 18.1 Å². The maximum absolute atomic E-state index is 13.7. The molecule has 6 rings (SSSR count). The number of anilines is 1. The monoisotopic (exact) mass is 573 g/mol. The molecule has 204 valence electrons. The number of benzene rings is 3. The number of nitrogens with zero attached hydrogens (tertiary/aromatic N) is 3. The second-order valence-corrected chi connectivity index (χ2v) is 11.8. The van der Waals surface area contributed by atoms with E-state index in [1.807, 2.05) is 24.3 Å². The smallest absolute Gasteiger partial charge is 0.257 e. The topological polar surface area (TPSA) is 79.8 Å². The quantitative estimate of drug-likeness (QED) is 0.261. The number of fused-ring (bicyclic) bond motifs is 1. The normalized spacial score (nSPS) is 19.1. The molecule has 3 aromatic carbocycles. The van der Waals surface area contributed by atoms with E-state index < -0.39 is 11.9 Å². The Morgan fingerprint density at radius 1 is 1.10 bits per heavy atom. The summed E-state index contributed by atoms with van der Waals surface area (Å²) in [7, 11) is 0. The number of hydrogen-bond acceptors (Lipinski definition) is 6. The zero-order valence-corrected chi connectivity index (χ0v) is 23.6. The van der Waals surface area contributed by atoms with Crippen molar-refractivity contribution in [3.63, 3.8) is 0 Å². The molecule has 0 saturated carbocycles. The van der Waals surface area contributed by atoms with Crippen LogP contribution in [0.1, 0.15) is 30.4 Å². The van der Waals surface area contributed by atoms with Gasteiger partial charge in [-0.3, -0.25) is 14.4 Å². The van der Waals surface area contributed by atoms with Crippen LogP contribution < -0.4 is 4.90 Å². The second-order valence-electron chi connectivity index (χ2n) is 10.3. The predicted molar refractivity (Wildman–Crippen MR) is 157 cm³/mol. The van der Waals surface area contributed by atoms with Gasteiger partial charge in [0.1, 0.15) is 11.0 Å². The summed E-state index contributed by atoms with van der Waals surface area (Å²) in [4.78, 5) is 47.8. The van der Waals surface area contributed by atoms with E-state index >= 15 is 0 Å². The van der Waals surface area contributed by atoms with Crippen molar-refractivity contribution in [1.29, 1.82) is 0 Å². The number of hydrogen-bond donors (Lipinski definition) is 0. The number of imide groups is 1. The molecule has 1 aromatic heterocycles. The molecule has 7 nitrogen and oxygen atoms in total. The molecule has 2 fully saturated rings. The third-order valence-electron chi connectivity index (χ3n) is 7.43. The van der Waals surface area contributed by atoms with Crippen LogP contribution in [0.15, 0.2) is 66.7 Å². The van der Waals surface area contributed by atoms with E-state index in [1.54, 1.807) is 52.6 Å². The summed E-state index contributed by atoms with van der Waals surface area (Å²) in [6, 6.07) is 19.7. The molecule has 2 atom stereocenters. The minimum atomic E-state index is -0.872. The van der Waals surface area contributed by atoms with Crippen LogP contribution >= 0.6 is 22.9 Å². The molecule has 3 amide bonds. The van der Waals surface area contributed by atoms with Crippen LogP contribution in [0.5, 0.6) is 0 Å². The predicted octanol–water partition coefficient (Wildman–Crippen LogP) is 5.81. The Morgan fingerprint density at radius 3 is 2.60 bits per heavy atom. The molecule has 0 aliphatic carbocycles. The Labute approximate surface area is 241 Å². The van der Waals surface area contributed by atoms with Crippen molar-refractivity contribution in [3.8, 4) is 10.6 Å². The Hall–Kier alpha value is -3.59. The molecule has 0 spiro atoms. The van der Waals surface area contributed by atoms with E-state index in [0.717, 1.165) is 39.2 Å². The molecule has 40 heavy (non-hydrogen) atoms. The highest BCUT2D eigenvalue weighted by Gasteiger charge is 2.45. The molecule has 2 saturated heterocycles. The van der Waals surface area contributed by atoms with Gasteiger partial charge in [-0.25, -0.2) is 9.88 Å². The minimum absolute atomic E-state index is 0.0586. The molecule has 9 heteroatoms. The van der Waals surface area contributed by atoms with Crippen molar-refractivity contribution >= 4 is 56.6 Å². The lowest BCUT2D eigenvalue weighted by molar-refractivity contribution is -0.139. The van der Waals surface area contributed by atoms with Crippen LogP contribution in [0.4, 0.5) is 5.69 Å². The standard InChI is InChI=1S/C31H28ClN3O4S/c1-19-4-13-25-27(15-19)40-30(33-25)21-7-11-23(12-8-21)35-29(37)17-26(31(35)38)34(18-24-3-2-14-39-24)28(36)16-20-5-9-22(32)10-6-20/h4-13,15,24,26H,2-3,14,16-18H2,1H3. The van der Waals surface area contributed by atoms with Crippen molar-refractivity contribution in [2.24, 2.45) is 0 Å². The molecule has 0 bridgehead atoms. The maximum Gasteiger partial charge on any atom is 0.257 e.